The van der Waals surface area contributed by atoms with Gasteiger partial charge in [-0.25, -0.2) is 0 Å². The molecule has 1 fully saturated rings. The van der Waals surface area contributed by atoms with Crippen LogP contribution in [0, 0.1) is 17.3 Å². The molecule has 2 aliphatic rings. The Hall–Kier alpha value is -2.04. The summed E-state index contributed by atoms with van der Waals surface area (Å²) in [5.74, 6) is 0.249. The molecule has 5 heteroatoms. The first kappa shape index (κ1) is 15.4. The zero-order valence-electron chi connectivity index (χ0n) is 12.8. The van der Waals surface area contributed by atoms with Crippen LogP contribution >= 0.6 is 0 Å². The number of rotatable bonds is 4. The average Bonchev–Trinajstić information content (AvgIpc) is 2.73. The minimum atomic E-state index is -0.266. The number of carbonyl (C=O) groups excluding carboxylic acids is 1. The maximum absolute atomic E-state index is 12.1. The Labute approximate surface area is 125 Å². The predicted octanol–water partition coefficient (Wildman–Crippen LogP) is 1.87. The number of hydrogen-bond donors (Lipinski definition) is 2. The summed E-state index contributed by atoms with van der Waals surface area (Å²) in [5.41, 5.74) is 12.5. The van der Waals surface area contributed by atoms with Crippen LogP contribution in [0.15, 0.2) is 40.6 Å². The van der Waals surface area contributed by atoms with Gasteiger partial charge in [-0.15, -0.1) is 0 Å². The number of guanidine groups is 1. The normalized spacial score (nSPS) is 26.6. The van der Waals surface area contributed by atoms with Gasteiger partial charge in [0.2, 0.25) is 0 Å². The van der Waals surface area contributed by atoms with Crippen molar-refractivity contribution in [1.29, 1.82) is 0 Å². The Balaban J connectivity index is 2.23. The van der Waals surface area contributed by atoms with Crippen molar-refractivity contribution in [3.8, 4) is 0 Å². The van der Waals surface area contributed by atoms with Gasteiger partial charge in [0.1, 0.15) is 5.76 Å². The maximum atomic E-state index is 12.1. The summed E-state index contributed by atoms with van der Waals surface area (Å²) in [6.45, 7) is 10.9. The van der Waals surface area contributed by atoms with Crippen LogP contribution in [-0.2, 0) is 9.53 Å². The lowest BCUT2D eigenvalue weighted by Gasteiger charge is -2.08. The van der Waals surface area contributed by atoms with Crippen molar-refractivity contribution in [3.05, 3.63) is 35.6 Å². The lowest BCUT2D eigenvalue weighted by atomic mass is 9.95. The third-order valence-corrected chi connectivity index (χ3v) is 4.32. The molecule has 0 spiro atoms. The lowest BCUT2D eigenvalue weighted by Crippen LogP contribution is -2.25. The first-order valence-electron chi connectivity index (χ1n) is 7.12. The van der Waals surface area contributed by atoms with Crippen LogP contribution in [0.4, 0.5) is 0 Å². The van der Waals surface area contributed by atoms with E-state index in [1.807, 2.05) is 32.9 Å². The molecule has 1 saturated carbocycles. The van der Waals surface area contributed by atoms with Gasteiger partial charge in [-0.2, -0.15) is 4.99 Å². The number of ether oxygens (including phenoxy) is 1. The van der Waals surface area contributed by atoms with Crippen molar-refractivity contribution >= 4 is 11.9 Å². The second-order valence-corrected chi connectivity index (χ2v) is 6.12. The van der Waals surface area contributed by atoms with E-state index < -0.39 is 0 Å². The van der Waals surface area contributed by atoms with Crippen LogP contribution in [0.1, 0.15) is 27.2 Å². The monoisotopic (exact) mass is 289 g/mol. The van der Waals surface area contributed by atoms with Gasteiger partial charge in [0.15, 0.2) is 5.96 Å². The summed E-state index contributed by atoms with van der Waals surface area (Å²) in [7, 11) is 0. The molecule has 21 heavy (non-hydrogen) atoms. The predicted molar refractivity (Wildman–Crippen MR) is 83.1 cm³/mol. The highest BCUT2D eigenvalue weighted by Crippen LogP contribution is 2.63. The minimum Gasteiger partial charge on any atom is -0.493 e. The van der Waals surface area contributed by atoms with Gasteiger partial charge in [0, 0.05) is 17.9 Å². The third-order valence-electron chi connectivity index (χ3n) is 4.32. The second kappa shape index (κ2) is 5.39. The zero-order valence-corrected chi connectivity index (χ0v) is 12.8. The van der Waals surface area contributed by atoms with Gasteiger partial charge in [-0.1, -0.05) is 26.5 Å². The van der Waals surface area contributed by atoms with Gasteiger partial charge >= 0.3 is 0 Å². The molecule has 0 aromatic heterocycles. The molecule has 0 aromatic carbocycles. The van der Waals surface area contributed by atoms with Crippen molar-refractivity contribution in [2.24, 2.45) is 33.7 Å². The van der Waals surface area contributed by atoms with Crippen LogP contribution < -0.4 is 11.5 Å². The lowest BCUT2D eigenvalue weighted by molar-refractivity contribution is -0.119. The van der Waals surface area contributed by atoms with E-state index in [4.69, 9.17) is 16.2 Å². The molecule has 114 valence electrons. The van der Waals surface area contributed by atoms with E-state index in [0.717, 1.165) is 23.3 Å². The van der Waals surface area contributed by atoms with E-state index in [1.165, 1.54) is 0 Å². The van der Waals surface area contributed by atoms with Crippen molar-refractivity contribution in [3.63, 3.8) is 0 Å². The molecule has 1 heterocycles. The maximum Gasteiger partial charge on any atom is 0.253 e. The van der Waals surface area contributed by atoms with Gasteiger partial charge in [-0.3, -0.25) is 4.79 Å². The molecule has 1 aliphatic heterocycles. The van der Waals surface area contributed by atoms with Gasteiger partial charge in [0.05, 0.1) is 12.5 Å². The molecule has 2 rings (SSSR count). The standard InChI is InChI=1S/C16H23N3O2/c1-5-6-11-10(7-8-21-11)9(2)12-13(16(12,3)4)14(20)19-15(17)18/h5-6,12-13H,2,7-8H2,1,3-4H3,(H4,17,18,19,20)/b6-5-/t12-,13+/m1/s1. The largest absolute Gasteiger partial charge is 0.493 e. The Kier molecular flexibility index (Phi) is 3.94. The summed E-state index contributed by atoms with van der Waals surface area (Å²) in [6, 6.07) is 0. The van der Waals surface area contributed by atoms with Crippen LogP contribution in [0.2, 0.25) is 0 Å². The SMILES string of the molecule is C=C(C1=C(/C=C\C)OCC1)[C@@H]1[C@@H](C(=O)N=C(N)N)C1(C)C. The molecule has 0 bridgehead atoms. The van der Waals surface area contributed by atoms with E-state index in [0.29, 0.717) is 6.61 Å². The summed E-state index contributed by atoms with van der Waals surface area (Å²) in [6.07, 6.45) is 4.71. The molecule has 0 aromatic rings. The highest BCUT2D eigenvalue weighted by atomic mass is 16.5. The summed E-state index contributed by atoms with van der Waals surface area (Å²) in [4.78, 5) is 15.8. The van der Waals surface area contributed by atoms with E-state index in [9.17, 15) is 4.79 Å². The second-order valence-electron chi connectivity index (χ2n) is 6.12. The first-order chi connectivity index (χ1) is 9.80. The Bertz CT molecular complexity index is 566. The number of nitrogens with two attached hydrogens (primary N) is 2. The molecule has 1 amide bonds. The number of aliphatic imine (C=N–C) groups is 1. The number of allylic oxidation sites excluding steroid dienone is 3. The van der Waals surface area contributed by atoms with Gasteiger partial charge in [0.25, 0.3) is 5.91 Å². The summed E-state index contributed by atoms with van der Waals surface area (Å²) < 4.78 is 5.61. The molecular weight excluding hydrogens is 266 g/mol. The number of carbonyl (C=O) groups is 1. The Morgan fingerprint density at radius 3 is 2.67 bits per heavy atom. The molecule has 0 saturated heterocycles. The van der Waals surface area contributed by atoms with E-state index >= 15 is 0 Å². The Morgan fingerprint density at radius 1 is 1.43 bits per heavy atom. The van der Waals surface area contributed by atoms with Crippen LogP contribution in [0.3, 0.4) is 0 Å². The molecule has 1 aliphatic carbocycles. The molecule has 0 radical (unpaired) electrons. The first-order valence-corrected chi connectivity index (χ1v) is 7.12. The summed E-state index contributed by atoms with van der Waals surface area (Å²) in [5, 5.41) is 0. The van der Waals surface area contributed by atoms with Crippen LogP contribution in [-0.4, -0.2) is 18.5 Å². The average molecular weight is 289 g/mol. The van der Waals surface area contributed by atoms with E-state index in [-0.39, 0.29) is 29.1 Å². The highest BCUT2D eigenvalue weighted by molar-refractivity contribution is 5.95. The minimum absolute atomic E-state index is 0.0602. The fourth-order valence-corrected chi connectivity index (χ4v) is 3.23. The van der Waals surface area contributed by atoms with Crippen molar-refractivity contribution in [1.82, 2.24) is 0 Å². The van der Waals surface area contributed by atoms with Crippen molar-refractivity contribution in [2.45, 2.75) is 27.2 Å². The fourth-order valence-electron chi connectivity index (χ4n) is 3.23. The Morgan fingerprint density at radius 2 is 2.10 bits per heavy atom. The molecule has 0 unspecified atom stereocenters. The molecule has 4 N–H and O–H groups in total. The topological polar surface area (TPSA) is 90.7 Å². The van der Waals surface area contributed by atoms with Gasteiger partial charge < -0.3 is 16.2 Å². The smallest absolute Gasteiger partial charge is 0.253 e. The quantitative estimate of drug-likeness (QED) is 0.610. The molecule has 2 atom stereocenters. The number of amides is 1. The fraction of sp³-hybridized carbons (Fsp3) is 0.500. The van der Waals surface area contributed by atoms with Gasteiger partial charge in [-0.05, 0) is 24.0 Å². The van der Waals surface area contributed by atoms with Crippen LogP contribution in [0.25, 0.3) is 0 Å². The van der Waals surface area contributed by atoms with Crippen molar-refractivity contribution < 1.29 is 9.53 Å². The highest BCUT2D eigenvalue weighted by Gasteiger charge is 2.63. The zero-order chi connectivity index (χ0) is 15.8. The van der Waals surface area contributed by atoms with Crippen molar-refractivity contribution in [2.75, 3.05) is 6.61 Å². The number of nitrogens with zero attached hydrogens (tertiary/aromatic N) is 1. The van der Waals surface area contributed by atoms with E-state index in [2.05, 4.69) is 11.6 Å². The molecular formula is C16H23N3O2. The molecule has 5 nitrogen and oxygen atoms in total. The summed E-state index contributed by atoms with van der Waals surface area (Å²) >= 11 is 0. The third kappa shape index (κ3) is 2.73. The van der Waals surface area contributed by atoms with E-state index in [1.54, 1.807) is 0 Å². The number of hydrogen-bond acceptors (Lipinski definition) is 2. The van der Waals surface area contributed by atoms with Crippen LogP contribution in [0.5, 0.6) is 0 Å².